The fourth-order valence-electron chi connectivity index (χ4n) is 4.60. The van der Waals surface area contributed by atoms with Gasteiger partial charge in [-0.2, -0.15) is 13.1 Å². The van der Waals surface area contributed by atoms with Gasteiger partial charge in [-0.05, 0) is 25.2 Å². The Hall–Kier alpha value is -2.59. The van der Waals surface area contributed by atoms with Crippen molar-refractivity contribution in [3.8, 4) is 0 Å². The van der Waals surface area contributed by atoms with Gasteiger partial charge >= 0.3 is 16.3 Å². The highest BCUT2D eigenvalue weighted by atomic mass is 32.2. The van der Waals surface area contributed by atoms with Crippen LogP contribution in [0, 0.1) is 5.92 Å². The fraction of sp³-hybridized carbons (Fsp3) is 0.700. The van der Waals surface area contributed by atoms with Crippen molar-refractivity contribution in [1.29, 1.82) is 0 Å². The average molecular weight is 514 g/mol. The molecular formula is C20H31N7O7S. The predicted molar refractivity (Wildman–Crippen MR) is 123 cm³/mol. The van der Waals surface area contributed by atoms with E-state index in [2.05, 4.69) is 19.7 Å². The predicted octanol–water partition coefficient (Wildman–Crippen LogP) is -0.0512. The van der Waals surface area contributed by atoms with E-state index in [4.69, 9.17) is 15.2 Å². The molecule has 0 unspecified atom stereocenters. The molecule has 1 aliphatic carbocycles. The minimum atomic E-state index is -4.17. The molecule has 0 radical (unpaired) electrons. The number of ether oxygens (including phenoxy) is 2. The summed E-state index contributed by atoms with van der Waals surface area (Å²) in [6.45, 7) is -0.00993. The number of carbonyl (C=O) groups excluding carboxylic acids is 1. The Morgan fingerprint density at radius 1 is 1.20 bits per heavy atom. The van der Waals surface area contributed by atoms with Gasteiger partial charge in [-0.3, -0.25) is 4.57 Å². The molecular weight excluding hydrogens is 482 g/mol. The van der Waals surface area contributed by atoms with Gasteiger partial charge in [0, 0.05) is 6.54 Å². The Labute approximate surface area is 202 Å². The molecule has 4 atom stereocenters. The fourth-order valence-corrected chi connectivity index (χ4v) is 5.34. The van der Waals surface area contributed by atoms with Gasteiger partial charge in [0.2, 0.25) is 0 Å². The van der Waals surface area contributed by atoms with E-state index < -0.39 is 40.8 Å². The van der Waals surface area contributed by atoms with E-state index in [0.717, 1.165) is 6.42 Å². The lowest BCUT2D eigenvalue weighted by molar-refractivity contribution is -0.0363. The third-order valence-electron chi connectivity index (χ3n) is 6.40. The zero-order chi connectivity index (χ0) is 25.0. The van der Waals surface area contributed by atoms with Crippen molar-refractivity contribution in [1.82, 2.24) is 29.0 Å². The van der Waals surface area contributed by atoms with E-state index in [9.17, 15) is 23.4 Å². The van der Waals surface area contributed by atoms with Gasteiger partial charge in [-0.15, -0.1) is 0 Å². The normalized spacial score (nSPS) is 25.3. The number of nitrogens with two attached hydrogens (primary N) is 1. The number of rotatable bonds is 10. The second kappa shape index (κ2) is 11.0. The van der Waals surface area contributed by atoms with E-state index in [-0.39, 0.29) is 25.4 Å². The smallest absolute Gasteiger partial charge is 0.421 e. The number of aliphatic hydroxyl groups excluding tert-OH is 2. The van der Waals surface area contributed by atoms with E-state index in [1.165, 1.54) is 42.9 Å². The number of aromatic nitrogens is 4. The first kappa shape index (κ1) is 25.5. The van der Waals surface area contributed by atoms with Crippen LogP contribution in [0.5, 0.6) is 0 Å². The topological polar surface area (TPSA) is 204 Å². The van der Waals surface area contributed by atoms with Crippen molar-refractivity contribution < 1.29 is 32.9 Å². The summed E-state index contributed by atoms with van der Waals surface area (Å²) in [5.41, 5.74) is 6.42. The molecule has 1 saturated carbocycles. The number of fused-ring (bicyclic) bond motifs is 1. The van der Waals surface area contributed by atoms with Crippen LogP contribution >= 0.6 is 0 Å². The zero-order valence-electron chi connectivity index (χ0n) is 19.1. The van der Waals surface area contributed by atoms with Crippen LogP contribution in [0.2, 0.25) is 0 Å². The molecule has 2 aromatic rings. The largest absolute Gasteiger partial charge is 0.449 e. The summed E-state index contributed by atoms with van der Waals surface area (Å²) in [5, 5.41) is 20.9. The number of hydrogen-bond donors (Lipinski definition) is 5. The molecule has 1 aliphatic heterocycles. The van der Waals surface area contributed by atoms with E-state index >= 15 is 0 Å². The van der Waals surface area contributed by atoms with Crippen LogP contribution in [-0.2, 0) is 19.7 Å². The average Bonchev–Trinajstić information content (AvgIpc) is 3.53. The van der Waals surface area contributed by atoms with Crippen molar-refractivity contribution >= 4 is 33.3 Å². The maximum atomic E-state index is 12.1. The minimum Gasteiger partial charge on any atom is -0.449 e. The van der Waals surface area contributed by atoms with Gasteiger partial charge in [-0.1, -0.05) is 25.7 Å². The van der Waals surface area contributed by atoms with Crippen molar-refractivity contribution in [3.63, 3.8) is 0 Å². The zero-order valence-corrected chi connectivity index (χ0v) is 19.9. The lowest BCUT2D eigenvalue weighted by Gasteiger charge is -2.16. The number of aliphatic hydroxyl groups is 2. The van der Waals surface area contributed by atoms with Gasteiger partial charge in [0.05, 0.1) is 19.0 Å². The maximum absolute atomic E-state index is 12.1. The van der Waals surface area contributed by atoms with Crippen molar-refractivity contribution in [3.05, 3.63) is 12.7 Å². The van der Waals surface area contributed by atoms with Crippen LogP contribution in [0.15, 0.2) is 12.7 Å². The highest BCUT2D eigenvalue weighted by Crippen LogP contribution is 2.33. The molecule has 194 valence electrons. The first-order chi connectivity index (χ1) is 16.7. The van der Waals surface area contributed by atoms with Crippen LogP contribution in [-0.4, -0.2) is 75.7 Å². The van der Waals surface area contributed by atoms with Gasteiger partial charge in [-0.25, -0.2) is 24.5 Å². The Kier molecular flexibility index (Phi) is 8.01. The number of nitrogen functional groups attached to an aromatic ring is 1. The molecule has 1 amide bonds. The monoisotopic (exact) mass is 513 g/mol. The molecule has 6 N–H and O–H groups in total. The molecule has 35 heavy (non-hydrogen) atoms. The maximum Gasteiger partial charge on any atom is 0.421 e. The SMILES string of the molecule is Nc1ncnc2c1ncn2[C@@H]1O[C@H](CCNS(=O)(=O)NC(=O)OCCCC2CCCC2)[C@@H](O)[C@H]1O. The van der Waals surface area contributed by atoms with Gasteiger partial charge in [0.25, 0.3) is 0 Å². The molecule has 1 saturated heterocycles. The molecule has 4 rings (SSSR count). The number of imidazole rings is 1. The molecule has 2 fully saturated rings. The molecule has 0 bridgehead atoms. The summed E-state index contributed by atoms with van der Waals surface area (Å²) < 4.78 is 40.4. The lowest BCUT2D eigenvalue weighted by Crippen LogP contribution is -2.42. The number of nitrogens with zero attached hydrogens (tertiary/aromatic N) is 4. The van der Waals surface area contributed by atoms with E-state index in [1.807, 2.05) is 0 Å². The third kappa shape index (κ3) is 6.16. The second-order valence-electron chi connectivity index (χ2n) is 8.85. The quantitative estimate of drug-likeness (QED) is 0.266. The highest BCUT2D eigenvalue weighted by molar-refractivity contribution is 7.88. The first-order valence-corrected chi connectivity index (χ1v) is 13.1. The molecule has 3 heterocycles. The molecule has 0 aromatic carbocycles. The summed E-state index contributed by atoms with van der Waals surface area (Å²) in [6.07, 6.45) is 3.60. The Bertz CT molecular complexity index is 1120. The number of amides is 1. The number of hydrogen-bond acceptors (Lipinski definition) is 11. The molecule has 2 aliphatic rings. The molecule has 15 heteroatoms. The van der Waals surface area contributed by atoms with Gasteiger partial charge in [0.15, 0.2) is 17.7 Å². The molecule has 14 nitrogen and oxygen atoms in total. The Morgan fingerprint density at radius 3 is 2.74 bits per heavy atom. The van der Waals surface area contributed by atoms with Crippen LogP contribution in [0.4, 0.5) is 10.6 Å². The minimum absolute atomic E-state index is 0.0236. The third-order valence-corrected chi connectivity index (χ3v) is 7.42. The van der Waals surface area contributed by atoms with Crippen LogP contribution in [0.25, 0.3) is 11.2 Å². The molecule has 0 spiro atoms. The molecule has 2 aromatic heterocycles. The van der Waals surface area contributed by atoms with Crippen LogP contribution in [0.1, 0.15) is 51.2 Å². The number of carbonyl (C=O) groups is 1. The number of nitrogens with one attached hydrogen (secondary N) is 2. The Balaban J connectivity index is 1.22. The van der Waals surface area contributed by atoms with E-state index in [1.54, 1.807) is 4.72 Å². The summed E-state index contributed by atoms with van der Waals surface area (Å²) in [4.78, 5) is 23.9. The van der Waals surface area contributed by atoms with Crippen molar-refractivity contribution in [2.45, 2.75) is 69.5 Å². The second-order valence-corrected chi connectivity index (χ2v) is 10.3. The summed E-state index contributed by atoms with van der Waals surface area (Å²) in [6, 6.07) is 0. The Morgan fingerprint density at radius 2 is 1.97 bits per heavy atom. The van der Waals surface area contributed by atoms with Crippen LogP contribution in [0.3, 0.4) is 0 Å². The lowest BCUT2D eigenvalue weighted by atomic mass is 10.0. The van der Waals surface area contributed by atoms with Crippen LogP contribution < -0.4 is 15.2 Å². The number of anilines is 1. The first-order valence-electron chi connectivity index (χ1n) is 11.6. The summed E-state index contributed by atoms with van der Waals surface area (Å²) in [5.74, 6) is 0.824. The summed E-state index contributed by atoms with van der Waals surface area (Å²) in [7, 11) is -4.17. The van der Waals surface area contributed by atoms with Crippen molar-refractivity contribution in [2.75, 3.05) is 18.9 Å². The standard InChI is InChI=1S/C20H31N7O7S/c21-17-14-18(23-10-22-17)27(11-24-14)19-16(29)15(28)13(34-19)7-8-25-35(31,32)26-20(30)33-9-3-6-12-4-1-2-5-12/h10-13,15-16,19,25,28-29H,1-9H2,(H,26,30)(H2,21,22,23)/t13-,15-,16-,19-/m1/s1. The van der Waals surface area contributed by atoms with Gasteiger partial charge in [0.1, 0.15) is 24.1 Å². The highest BCUT2D eigenvalue weighted by Gasteiger charge is 2.44. The van der Waals surface area contributed by atoms with E-state index in [0.29, 0.717) is 23.5 Å². The summed E-state index contributed by atoms with van der Waals surface area (Å²) >= 11 is 0. The van der Waals surface area contributed by atoms with Gasteiger partial charge < -0.3 is 25.4 Å². The van der Waals surface area contributed by atoms with Crippen molar-refractivity contribution in [2.24, 2.45) is 5.92 Å².